The topological polar surface area (TPSA) is 90.9 Å². The van der Waals surface area contributed by atoms with Gasteiger partial charge < -0.3 is 19.5 Å². The lowest BCUT2D eigenvalue weighted by Crippen LogP contribution is -2.43. The van der Waals surface area contributed by atoms with Crippen molar-refractivity contribution in [2.45, 2.75) is 59.5 Å². The van der Waals surface area contributed by atoms with E-state index in [1.54, 1.807) is 0 Å². The first-order valence-corrected chi connectivity index (χ1v) is 11.5. The molecule has 0 amide bonds. The number of nitrogens with one attached hydrogen (secondary N) is 1. The molecule has 0 radical (unpaired) electrons. The number of hydrogen-bond donors (Lipinski definition) is 1. The lowest BCUT2D eigenvalue weighted by Gasteiger charge is -2.38. The number of rotatable bonds is 7. The molecule has 0 fully saturated rings. The van der Waals surface area contributed by atoms with Crippen molar-refractivity contribution < 1.29 is 28.6 Å². The normalized spacial score (nSPS) is 23.5. The highest BCUT2D eigenvalue weighted by Crippen LogP contribution is 2.45. The molecule has 7 heteroatoms. The van der Waals surface area contributed by atoms with E-state index in [0.29, 0.717) is 42.0 Å². The highest BCUT2D eigenvalue weighted by atomic mass is 16.5. The van der Waals surface area contributed by atoms with Crippen LogP contribution >= 0.6 is 0 Å². The van der Waals surface area contributed by atoms with Crippen LogP contribution in [0, 0.1) is 11.8 Å². The van der Waals surface area contributed by atoms with E-state index in [0.717, 1.165) is 11.3 Å². The van der Waals surface area contributed by atoms with Crippen molar-refractivity contribution in [3.63, 3.8) is 0 Å². The van der Waals surface area contributed by atoms with Gasteiger partial charge in [-0.3, -0.25) is 9.59 Å². The number of methoxy groups -OCH3 is 1. The molecule has 1 aliphatic heterocycles. The van der Waals surface area contributed by atoms with Crippen LogP contribution in [0.25, 0.3) is 0 Å². The third-order valence-electron chi connectivity index (χ3n) is 6.37. The molecule has 0 saturated carbocycles. The molecule has 7 nitrogen and oxygen atoms in total. The maximum Gasteiger partial charge on any atom is 0.337 e. The van der Waals surface area contributed by atoms with E-state index in [1.807, 2.05) is 58.9 Å². The molecule has 1 aliphatic carbocycles. The summed E-state index contributed by atoms with van der Waals surface area (Å²) in [4.78, 5) is 39.4. The van der Waals surface area contributed by atoms with Gasteiger partial charge in [0, 0.05) is 22.9 Å². The second-order valence-electron chi connectivity index (χ2n) is 8.66. The maximum absolute atomic E-state index is 13.7. The van der Waals surface area contributed by atoms with E-state index < -0.39 is 23.8 Å². The van der Waals surface area contributed by atoms with Crippen molar-refractivity contribution in [3.8, 4) is 5.75 Å². The first kappa shape index (κ1) is 24.6. The number of ether oxygens (including phenoxy) is 3. The highest BCUT2D eigenvalue weighted by Gasteiger charge is 2.47. The van der Waals surface area contributed by atoms with E-state index in [-0.39, 0.29) is 17.8 Å². The summed E-state index contributed by atoms with van der Waals surface area (Å²) < 4.78 is 16.2. The summed E-state index contributed by atoms with van der Waals surface area (Å²) in [6.45, 7) is 9.90. The number of carbonyl (C=O) groups is 3. The second kappa shape index (κ2) is 10.2. The molecule has 2 aliphatic rings. The number of hydrogen-bond acceptors (Lipinski definition) is 7. The van der Waals surface area contributed by atoms with Crippen LogP contribution in [0.3, 0.4) is 0 Å². The SMILES string of the molecule is CCOc1ccc([C@@H]2C(C(=O)O[C@@H](C)CC)=C(C)NC3=C2C(=O)[C@@H](C(=O)OC)[C@@H](C)C3)cc1. The van der Waals surface area contributed by atoms with Crippen LogP contribution in [0.2, 0.25) is 0 Å². The summed E-state index contributed by atoms with van der Waals surface area (Å²) in [5, 5.41) is 3.27. The minimum atomic E-state index is -0.911. The predicted molar refractivity (Wildman–Crippen MR) is 123 cm³/mol. The Hall–Kier alpha value is -3.09. The van der Waals surface area contributed by atoms with Gasteiger partial charge in [0.2, 0.25) is 0 Å². The number of esters is 2. The second-order valence-corrected chi connectivity index (χ2v) is 8.66. The molecule has 178 valence electrons. The Labute approximate surface area is 195 Å². The van der Waals surface area contributed by atoms with Crippen LogP contribution < -0.4 is 10.1 Å². The van der Waals surface area contributed by atoms with Gasteiger partial charge in [-0.1, -0.05) is 26.0 Å². The molecule has 0 bridgehead atoms. The van der Waals surface area contributed by atoms with Crippen LogP contribution in [0.5, 0.6) is 5.75 Å². The first-order chi connectivity index (χ1) is 15.7. The fourth-order valence-electron chi connectivity index (χ4n) is 4.54. The Morgan fingerprint density at radius 1 is 1.18 bits per heavy atom. The van der Waals surface area contributed by atoms with Crippen LogP contribution in [-0.2, 0) is 23.9 Å². The van der Waals surface area contributed by atoms with E-state index in [1.165, 1.54) is 7.11 Å². The number of ketones is 1. The summed E-state index contributed by atoms with van der Waals surface area (Å²) >= 11 is 0. The quantitative estimate of drug-likeness (QED) is 0.490. The summed E-state index contributed by atoms with van der Waals surface area (Å²) in [6, 6.07) is 7.35. The van der Waals surface area contributed by atoms with E-state index in [4.69, 9.17) is 14.2 Å². The molecule has 0 aromatic heterocycles. The van der Waals surface area contributed by atoms with E-state index >= 15 is 0 Å². The molecule has 1 aromatic carbocycles. The summed E-state index contributed by atoms with van der Waals surface area (Å²) in [6.07, 6.45) is 0.909. The smallest absolute Gasteiger partial charge is 0.337 e. The number of dihydropyridines is 1. The van der Waals surface area contributed by atoms with Crippen LogP contribution in [0.4, 0.5) is 0 Å². The molecule has 4 atom stereocenters. The molecule has 1 N–H and O–H groups in total. The first-order valence-electron chi connectivity index (χ1n) is 11.5. The Bertz CT molecular complexity index is 991. The number of Topliss-reactive ketones (excluding diaryl/α,β-unsaturated/α-hetero) is 1. The van der Waals surface area contributed by atoms with Crippen LogP contribution in [0.15, 0.2) is 46.8 Å². The Morgan fingerprint density at radius 3 is 2.42 bits per heavy atom. The predicted octanol–water partition coefficient (Wildman–Crippen LogP) is 4.04. The number of benzene rings is 1. The molecule has 33 heavy (non-hydrogen) atoms. The zero-order valence-electron chi connectivity index (χ0n) is 20.2. The van der Waals surface area contributed by atoms with E-state index in [9.17, 15) is 14.4 Å². The fraction of sp³-hybridized carbons (Fsp3) is 0.500. The largest absolute Gasteiger partial charge is 0.494 e. The zero-order valence-corrected chi connectivity index (χ0v) is 20.2. The summed E-state index contributed by atoms with van der Waals surface area (Å²) in [5.74, 6) is -2.43. The van der Waals surface area contributed by atoms with Crippen molar-refractivity contribution in [3.05, 3.63) is 52.4 Å². The van der Waals surface area contributed by atoms with Gasteiger partial charge in [0.05, 0.1) is 25.4 Å². The van der Waals surface area contributed by atoms with Crippen LogP contribution in [-0.4, -0.2) is 37.5 Å². The Morgan fingerprint density at radius 2 is 1.85 bits per heavy atom. The molecular formula is C26H33NO6. The van der Waals surface area contributed by atoms with Gasteiger partial charge in [-0.05, 0) is 57.2 Å². The molecule has 0 unspecified atom stereocenters. The average molecular weight is 456 g/mol. The van der Waals surface area contributed by atoms with Crippen LogP contribution in [0.1, 0.15) is 58.9 Å². The third-order valence-corrected chi connectivity index (χ3v) is 6.37. The zero-order chi connectivity index (χ0) is 24.3. The van der Waals surface area contributed by atoms with Crippen molar-refractivity contribution in [1.29, 1.82) is 0 Å². The minimum absolute atomic E-state index is 0.224. The van der Waals surface area contributed by atoms with E-state index in [2.05, 4.69) is 5.32 Å². The lowest BCUT2D eigenvalue weighted by molar-refractivity contribution is -0.151. The van der Waals surface area contributed by atoms with Gasteiger partial charge in [-0.25, -0.2) is 4.79 Å². The van der Waals surface area contributed by atoms with Gasteiger partial charge >= 0.3 is 11.9 Å². The van der Waals surface area contributed by atoms with Crippen molar-refractivity contribution in [1.82, 2.24) is 5.32 Å². The molecule has 3 rings (SSSR count). The lowest BCUT2D eigenvalue weighted by atomic mass is 9.69. The van der Waals surface area contributed by atoms with Gasteiger partial charge in [0.15, 0.2) is 5.78 Å². The van der Waals surface area contributed by atoms with Gasteiger partial charge in [-0.2, -0.15) is 0 Å². The molecule has 0 saturated heterocycles. The van der Waals surface area contributed by atoms with Crippen molar-refractivity contribution in [2.24, 2.45) is 11.8 Å². The third kappa shape index (κ3) is 4.82. The summed E-state index contributed by atoms with van der Waals surface area (Å²) in [5.41, 5.74) is 2.95. The highest BCUT2D eigenvalue weighted by molar-refractivity contribution is 6.12. The average Bonchev–Trinajstić information content (AvgIpc) is 2.78. The van der Waals surface area contributed by atoms with Gasteiger partial charge in [-0.15, -0.1) is 0 Å². The number of carbonyl (C=O) groups excluding carboxylic acids is 3. The van der Waals surface area contributed by atoms with Gasteiger partial charge in [0.25, 0.3) is 0 Å². The fourth-order valence-corrected chi connectivity index (χ4v) is 4.54. The minimum Gasteiger partial charge on any atom is -0.494 e. The van der Waals surface area contributed by atoms with Crippen molar-refractivity contribution >= 4 is 17.7 Å². The van der Waals surface area contributed by atoms with Gasteiger partial charge in [0.1, 0.15) is 11.7 Å². The molecular weight excluding hydrogens is 422 g/mol. The molecule has 0 spiro atoms. The number of allylic oxidation sites excluding steroid dienone is 3. The summed E-state index contributed by atoms with van der Waals surface area (Å²) in [7, 11) is 1.29. The van der Waals surface area contributed by atoms with Crippen molar-refractivity contribution in [2.75, 3.05) is 13.7 Å². The Kier molecular flexibility index (Phi) is 7.61. The monoisotopic (exact) mass is 455 g/mol. The maximum atomic E-state index is 13.7. The molecule has 1 aromatic rings. The Balaban J connectivity index is 2.14. The molecule has 1 heterocycles. The standard InChI is InChI=1S/C26H33NO6/c1-7-15(4)33-26(30)21-16(5)27-19-13-14(3)20(25(29)31-6)24(28)23(19)22(21)17-9-11-18(12-10-17)32-8-2/h9-12,14-15,20,22,27H,7-8,13H2,1-6H3/t14-,15-,20-,22+/m0/s1.